The van der Waals surface area contributed by atoms with Crippen molar-refractivity contribution in [1.82, 2.24) is 14.5 Å². The SMILES string of the molecule is O=C(O)Cc1ccc2c(ccn2-c2nc(-c3ccc(Cl)s3)nc3c2CCC3)c1. The van der Waals surface area contributed by atoms with E-state index in [4.69, 9.17) is 26.7 Å². The Morgan fingerprint density at radius 2 is 2.07 bits per heavy atom. The summed E-state index contributed by atoms with van der Waals surface area (Å²) in [6.45, 7) is 0. The van der Waals surface area contributed by atoms with E-state index in [9.17, 15) is 4.79 Å². The number of carboxylic acid groups (broad SMARTS) is 1. The molecule has 5 nitrogen and oxygen atoms in total. The van der Waals surface area contributed by atoms with Crippen LogP contribution < -0.4 is 0 Å². The Morgan fingerprint density at radius 3 is 2.86 bits per heavy atom. The molecule has 0 spiro atoms. The van der Waals surface area contributed by atoms with Gasteiger partial charge in [-0.05, 0) is 55.2 Å². The minimum atomic E-state index is -0.827. The van der Waals surface area contributed by atoms with Gasteiger partial charge < -0.3 is 9.67 Å². The standard InChI is InChI=1S/C21H16ClN3O2S/c22-18-7-6-17(28-18)20-23-15-3-1-2-14(15)21(24-20)25-9-8-13-10-12(11-19(26)27)4-5-16(13)25/h4-10H,1-3,11H2,(H,26,27). The highest BCUT2D eigenvalue weighted by Gasteiger charge is 2.22. The molecule has 0 saturated heterocycles. The third-order valence-electron chi connectivity index (χ3n) is 5.04. The highest BCUT2D eigenvalue weighted by Crippen LogP contribution is 2.34. The third-order valence-corrected chi connectivity index (χ3v) is 6.27. The van der Waals surface area contributed by atoms with Gasteiger partial charge in [0.25, 0.3) is 0 Å². The van der Waals surface area contributed by atoms with Crippen LogP contribution in [0.4, 0.5) is 0 Å². The minimum absolute atomic E-state index is 0.0211. The fourth-order valence-electron chi connectivity index (χ4n) is 3.82. The fourth-order valence-corrected chi connectivity index (χ4v) is 4.80. The molecule has 5 rings (SSSR count). The maximum Gasteiger partial charge on any atom is 0.307 e. The van der Waals surface area contributed by atoms with Gasteiger partial charge in [-0.1, -0.05) is 17.7 Å². The molecule has 4 aromatic rings. The van der Waals surface area contributed by atoms with E-state index in [1.54, 1.807) is 0 Å². The lowest BCUT2D eigenvalue weighted by molar-refractivity contribution is -0.136. The lowest BCUT2D eigenvalue weighted by Gasteiger charge is -2.12. The van der Waals surface area contributed by atoms with Gasteiger partial charge in [-0.25, -0.2) is 9.97 Å². The number of aliphatic carboxylic acids is 1. The summed E-state index contributed by atoms with van der Waals surface area (Å²) >= 11 is 7.59. The predicted octanol–water partition coefficient (Wildman–Crippen LogP) is 4.92. The molecule has 7 heteroatoms. The van der Waals surface area contributed by atoms with E-state index >= 15 is 0 Å². The van der Waals surface area contributed by atoms with Crippen LogP contribution in [0.15, 0.2) is 42.6 Å². The molecule has 3 aromatic heterocycles. The average molecular weight is 410 g/mol. The first-order chi connectivity index (χ1) is 13.6. The van der Waals surface area contributed by atoms with Crippen molar-refractivity contribution >= 4 is 39.8 Å². The average Bonchev–Trinajstić information content (AvgIpc) is 3.38. The minimum Gasteiger partial charge on any atom is -0.481 e. The number of halogens is 1. The summed E-state index contributed by atoms with van der Waals surface area (Å²) in [5.41, 5.74) is 4.10. The molecule has 0 saturated carbocycles. The monoisotopic (exact) mass is 409 g/mol. The Hall–Kier alpha value is -2.70. The van der Waals surface area contributed by atoms with Crippen molar-refractivity contribution in [2.45, 2.75) is 25.7 Å². The summed E-state index contributed by atoms with van der Waals surface area (Å²) in [4.78, 5) is 21.7. The summed E-state index contributed by atoms with van der Waals surface area (Å²) in [5.74, 6) is 0.784. The zero-order chi connectivity index (χ0) is 19.3. The van der Waals surface area contributed by atoms with Crippen molar-refractivity contribution in [1.29, 1.82) is 0 Å². The Bertz CT molecular complexity index is 1230. The molecule has 1 N–H and O–H groups in total. The van der Waals surface area contributed by atoms with E-state index < -0.39 is 5.97 Å². The van der Waals surface area contributed by atoms with Gasteiger partial charge in [-0.15, -0.1) is 11.3 Å². The molecule has 28 heavy (non-hydrogen) atoms. The van der Waals surface area contributed by atoms with Crippen molar-refractivity contribution in [3.63, 3.8) is 0 Å². The van der Waals surface area contributed by atoms with Crippen LogP contribution in [0, 0.1) is 0 Å². The number of hydrogen-bond donors (Lipinski definition) is 1. The van der Waals surface area contributed by atoms with Gasteiger partial charge in [-0.2, -0.15) is 0 Å². The highest BCUT2D eigenvalue weighted by molar-refractivity contribution is 7.19. The first kappa shape index (κ1) is 17.4. The van der Waals surface area contributed by atoms with E-state index in [1.165, 1.54) is 16.9 Å². The number of rotatable bonds is 4. The van der Waals surface area contributed by atoms with Crippen LogP contribution in [0.2, 0.25) is 4.34 Å². The van der Waals surface area contributed by atoms with Gasteiger partial charge in [0.15, 0.2) is 5.82 Å². The van der Waals surface area contributed by atoms with Crippen molar-refractivity contribution in [2.75, 3.05) is 0 Å². The van der Waals surface area contributed by atoms with Crippen molar-refractivity contribution < 1.29 is 9.90 Å². The van der Waals surface area contributed by atoms with Crippen LogP contribution in [-0.2, 0) is 24.1 Å². The molecule has 1 aliphatic rings. The second-order valence-electron chi connectivity index (χ2n) is 6.90. The number of carbonyl (C=O) groups is 1. The molecule has 0 aliphatic heterocycles. The number of thiophene rings is 1. The second-order valence-corrected chi connectivity index (χ2v) is 8.62. The van der Waals surface area contributed by atoms with Gasteiger partial charge >= 0.3 is 5.97 Å². The normalized spacial score (nSPS) is 13.2. The molecule has 1 aromatic carbocycles. The van der Waals surface area contributed by atoms with Crippen LogP contribution in [0.1, 0.15) is 23.2 Å². The second kappa shape index (κ2) is 6.72. The summed E-state index contributed by atoms with van der Waals surface area (Å²) in [7, 11) is 0. The molecule has 3 heterocycles. The third kappa shape index (κ3) is 2.99. The Kier molecular flexibility index (Phi) is 4.18. The molecule has 1 aliphatic carbocycles. The van der Waals surface area contributed by atoms with E-state index in [-0.39, 0.29) is 6.42 Å². The summed E-state index contributed by atoms with van der Waals surface area (Å²) in [6, 6.07) is 11.6. The number of nitrogens with zero attached hydrogens (tertiary/aromatic N) is 3. The van der Waals surface area contributed by atoms with E-state index in [0.29, 0.717) is 5.82 Å². The smallest absolute Gasteiger partial charge is 0.307 e. The van der Waals surface area contributed by atoms with E-state index in [0.717, 1.165) is 56.5 Å². The number of carboxylic acids is 1. The lowest BCUT2D eigenvalue weighted by atomic mass is 10.1. The Morgan fingerprint density at radius 1 is 1.18 bits per heavy atom. The van der Waals surface area contributed by atoms with Crippen LogP contribution in [0.5, 0.6) is 0 Å². The predicted molar refractivity (Wildman–Crippen MR) is 111 cm³/mol. The van der Waals surface area contributed by atoms with E-state index in [1.807, 2.05) is 42.6 Å². The molecule has 0 fully saturated rings. The zero-order valence-corrected chi connectivity index (χ0v) is 16.4. The van der Waals surface area contributed by atoms with Gasteiger partial charge in [0.05, 0.1) is 21.2 Å². The maximum absolute atomic E-state index is 11.0. The molecule has 0 atom stereocenters. The fraction of sp³-hybridized carbons (Fsp3) is 0.190. The quantitative estimate of drug-likeness (QED) is 0.519. The highest BCUT2D eigenvalue weighted by atomic mass is 35.5. The van der Waals surface area contributed by atoms with Crippen LogP contribution in [0.25, 0.3) is 27.4 Å². The molecular formula is C21H16ClN3O2S. The lowest BCUT2D eigenvalue weighted by Crippen LogP contribution is -2.06. The van der Waals surface area contributed by atoms with Crippen LogP contribution >= 0.6 is 22.9 Å². The van der Waals surface area contributed by atoms with Crippen LogP contribution in [-0.4, -0.2) is 25.6 Å². The number of hydrogen-bond acceptors (Lipinski definition) is 4. The summed E-state index contributed by atoms with van der Waals surface area (Å²) < 4.78 is 2.81. The maximum atomic E-state index is 11.0. The Labute approximate surface area is 170 Å². The molecule has 0 amide bonds. The summed E-state index contributed by atoms with van der Waals surface area (Å²) in [6.07, 6.45) is 5.02. The van der Waals surface area contributed by atoms with Gasteiger partial charge in [0.1, 0.15) is 5.82 Å². The molecular weight excluding hydrogens is 394 g/mol. The number of aryl methyl sites for hydroxylation is 1. The molecule has 0 radical (unpaired) electrons. The first-order valence-electron chi connectivity index (χ1n) is 9.06. The first-order valence-corrected chi connectivity index (χ1v) is 10.3. The molecule has 0 bridgehead atoms. The van der Waals surface area contributed by atoms with Gasteiger partial charge in [-0.3, -0.25) is 4.79 Å². The van der Waals surface area contributed by atoms with Crippen molar-refractivity contribution in [3.8, 4) is 16.5 Å². The van der Waals surface area contributed by atoms with Gasteiger partial charge in [0, 0.05) is 22.8 Å². The summed E-state index contributed by atoms with van der Waals surface area (Å²) in [5, 5.41) is 10.0. The number of aromatic nitrogens is 3. The number of fused-ring (bicyclic) bond motifs is 2. The topological polar surface area (TPSA) is 68.0 Å². The zero-order valence-electron chi connectivity index (χ0n) is 14.9. The molecule has 0 unspecified atom stereocenters. The largest absolute Gasteiger partial charge is 0.481 e. The van der Waals surface area contributed by atoms with Crippen molar-refractivity contribution in [2.24, 2.45) is 0 Å². The van der Waals surface area contributed by atoms with Crippen LogP contribution in [0.3, 0.4) is 0 Å². The number of benzene rings is 1. The van der Waals surface area contributed by atoms with Crippen molar-refractivity contribution in [3.05, 3.63) is 63.8 Å². The van der Waals surface area contributed by atoms with Gasteiger partial charge in [0.2, 0.25) is 0 Å². The molecule has 140 valence electrons. The van der Waals surface area contributed by atoms with E-state index in [2.05, 4.69) is 4.57 Å². The Balaban J connectivity index is 1.66.